The van der Waals surface area contributed by atoms with Crippen LogP contribution in [0.15, 0.2) is 48.5 Å². The summed E-state index contributed by atoms with van der Waals surface area (Å²) in [6.45, 7) is 20.0. The molecule has 0 bridgehead atoms. The second-order valence-corrected chi connectivity index (χ2v) is 14.5. The standard InChI is InChI=1S/C38H60N12/c39-15-7-18-45-25-27-47(28-26-45)21-9-23-49(37-40-33-11-1-2-12-34(33)41-37)50(38-42-35-13-3-4-14-36(35)43-38)24-10-22-48-31-29-46(30-32-48)20-8-19-44-16-5-6-17-44/h1-4,11-14H,5-10,15-32,39H2,(H,40,41)(H,42,43). The van der Waals surface area contributed by atoms with Crippen LogP contribution in [-0.4, -0.2) is 162 Å². The summed E-state index contributed by atoms with van der Waals surface area (Å²) in [5, 5.41) is 4.71. The van der Waals surface area contributed by atoms with Gasteiger partial charge in [0.05, 0.1) is 22.1 Å². The van der Waals surface area contributed by atoms with Gasteiger partial charge in [-0.15, -0.1) is 0 Å². The van der Waals surface area contributed by atoms with Gasteiger partial charge < -0.3 is 40.2 Å². The van der Waals surface area contributed by atoms with Crippen LogP contribution in [0.1, 0.15) is 38.5 Å². The van der Waals surface area contributed by atoms with Gasteiger partial charge in [0.15, 0.2) is 0 Å². The molecule has 4 aromatic rings. The number of H-pyrrole nitrogens is 2. The molecular weight excluding hydrogens is 625 g/mol. The van der Waals surface area contributed by atoms with Crippen molar-refractivity contribution >= 4 is 34.0 Å². The molecule has 0 amide bonds. The van der Waals surface area contributed by atoms with Crippen molar-refractivity contribution in [2.24, 2.45) is 5.73 Å². The lowest BCUT2D eigenvalue weighted by Crippen LogP contribution is -2.50. The van der Waals surface area contributed by atoms with Gasteiger partial charge in [-0.25, -0.2) is 9.97 Å². The van der Waals surface area contributed by atoms with E-state index < -0.39 is 0 Å². The molecule has 0 unspecified atom stereocenters. The van der Waals surface area contributed by atoms with Crippen LogP contribution in [0.3, 0.4) is 0 Å². The summed E-state index contributed by atoms with van der Waals surface area (Å²) in [5.74, 6) is 1.75. The number of aromatic amines is 2. The van der Waals surface area contributed by atoms with Crippen LogP contribution in [0.25, 0.3) is 22.1 Å². The number of nitrogens with two attached hydrogens (primary N) is 1. The molecule has 0 radical (unpaired) electrons. The molecule has 4 N–H and O–H groups in total. The van der Waals surface area contributed by atoms with Crippen LogP contribution in [0.4, 0.5) is 11.9 Å². The van der Waals surface area contributed by atoms with E-state index in [0.29, 0.717) is 0 Å². The van der Waals surface area contributed by atoms with Gasteiger partial charge in [0.25, 0.3) is 0 Å². The van der Waals surface area contributed by atoms with Gasteiger partial charge >= 0.3 is 0 Å². The fourth-order valence-corrected chi connectivity index (χ4v) is 8.01. The average Bonchev–Trinajstić information content (AvgIpc) is 3.93. The SMILES string of the molecule is NCCCN1CCN(CCCN(c2nc3ccccc3[nH]2)N(CCCN2CCN(CCCN3CCCC3)CC2)c2nc3ccccc3[nH]2)CC1. The number of hydrogen-bond acceptors (Lipinski definition) is 10. The summed E-state index contributed by atoms with van der Waals surface area (Å²) in [6, 6.07) is 16.7. The third-order valence-corrected chi connectivity index (χ3v) is 11.0. The summed E-state index contributed by atoms with van der Waals surface area (Å²) >= 11 is 0. The number of likely N-dealkylation sites (tertiary alicyclic amines) is 1. The Morgan fingerprint density at radius 1 is 0.500 bits per heavy atom. The molecule has 272 valence electrons. The van der Waals surface area contributed by atoms with E-state index in [1.54, 1.807) is 0 Å². The summed E-state index contributed by atoms with van der Waals surface area (Å²) in [7, 11) is 0. The van der Waals surface area contributed by atoms with E-state index >= 15 is 0 Å². The minimum absolute atomic E-state index is 0.773. The number of rotatable bonds is 18. The van der Waals surface area contributed by atoms with Crippen molar-refractivity contribution in [2.45, 2.75) is 38.5 Å². The lowest BCUT2D eigenvalue weighted by molar-refractivity contribution is 0.127. The molecule has 0 saturated carbocycles. The molecule has 50 heavy (non-hydrogen) atoms. The van der Waals surface area contributed by atoms with E-state index in [1.165, 1.54) is 58.5 Å². The lowest BCUT2D eigenvalue weighted by Gasteiger charge is -2.38. The first-order chi connectivity index (χ1) is 24.7. The monoisotopic (exact) mass is 685 g/mol. The Balaban J connectivity index is 1.00. The number of anilines is 2. The van der Waals surface area contributed by atoms with Crippen molar-refractivity contribution in [1.82, 2.24) is 44.4 Å². The third-order valence-electron chi connectivity index (χ3n) is 11.0. The molecular formula is C38H60N12. The number of nitrogens with one attached hydrogen (secondary N) is 2. The predicted molar refractivity (Wildman–Crippen MR) is 206 cm³/mol. The fraction of sp³-hybridized carbons (Fsp3) is 0.632. The normalized spacial score (nSPS) is 18.9. The Kier molecular flexibility index (Phi) is 12.5. The maximum absolute atomic E-state index is 5.77. The highest BCUT2D eigenvalue weighted by Crippen LogP contribution is 2.25. The molecule has 12 nitrogen and oxygen atoms in total. The van der Waals surface area contributed by atoms with Crippen LogP contribution in [0, 0.1) is 0 Å². The number of piperazine rings is 2. The molecule has 0 spiro atoms. The van der Waals surface area contributed by atoms with Crippen molar-refractivity contribution in [3.05, 3.63) is 48.5 Å². The van der Waals surface area contributed by atoms with E-state index in [-0.39, 0.29) is 0 Å². The van der Waals surface area contributed by atoms with Crippen LogP contribution in [0.2, 0.25) is 0 Å². The number of nitrogens with zero attached hydrogens (tertiary/aromatic N) is 9. The topological polar surface area (TPSA) is 106 Å². The van der Waals surface area contributed by atoms with Gasteiger partial charge in [-0.1, -0.05) is 24.3 Å². The quantitative estimate of drug-likeness (QED) is 0.135. The second-order valence-electron chi connectivity index (χ2n) is 14.5. The van der Waals surface area contributed by atoms with E-state index in [1.807, 2.05) is 0 Å². The van der Waals surface area contributed by atoms with Crippen molar-refractivity contribution in [2.75, 3.05) is 128 Å². The fourth-order valence-electron chi connectivity index (χ4n) is 8.01. The molecule has 0 atom stereocenters. The lowest BCUT2D eigenvalue weighted by atomic mass is 10.2. The van der Waals surface area contributed by atoms with Crippen molar-refractivity contribution in [3.8, 4) is 0 Å². The van der Waals surface area contributed by atoms with Gasteiger partial charge in [0.1, 0.15) is 0 Å². The molecule has 0 aliphatic carbocycles. The third kappa shape index (κ3) is 9.34. The maximum Gasteiger partial charge on any atom is 0.223 e. The Hall–Kier alpha value is -3.26. The van der Waals surface area contributed by atoms with Gasteiger partial charge in [0, 0.05) is 78.5 Å². The number of hydrazine groups is 1. The van der Waals surface area contributed by atoms with Crippen LogP contribution < -0.4 is 15.8 Å². The van der Waals surface area contributed by atoms with E-state index in [0.717, 1.165) is 132 Å². The Morgan fingerprint density at radius 2 is 0.880 bits per heavy atom. The van der Waals surface area contributed by atoms with E-state index in [9.17, 15) is 0 Å². The van der Waals surface area contributed by atoms with Gasteiger partial charge in [-0.3, -0.25) is 10.0 Å². The number of imidazole rings is 2. The van der Waals surface area contributed by atoms with Gasteiger partial charge in [0.2, 0.25) is 11.9 Å². The molecule has 3 aliphatic rings. The van der Waals surface area contributed by atoms with E-state index in [4.69, 9.17) is 15.7 Å². The van der Waals surface area contributed by atoms with Crippen LogP contribution >= 0.6 is 0 Å². The second kappa shape index (κ2) is 17.8. The zero-order valence-electron chi connectivity index (χ0n) is 30.2. The Bertz CT molecular complexity index is 1500. The largest absolute Gasteiger partial charge is 0.330 e. The average molecular weight is 685 g/mol. The first kappa shape index (κ1) is 35.2. The van der Waals surface area contributed by atoms with E-state index in [2.05, 4.69) is 93.0 Å². The summed E-state index contributed by atoms with van der Waals surface area (Å²) in [4.78, 5) is 30.7. The first-order valence-electron chi connectivity index (χ1n) is 19.5. The minimum atomic E-state index is 0.773. The van der Waals surface area contributed by atoms with Gasteiger partial charge in [-0.2, -0.15) is 0 Å². The number of para-hydroxylation sites is 4. The molecule has 12 heteroatoms. The molecule has 5 heterocycles. The smallest absolute Gasteiger partial charge is 0.223 e. The molecule has 2 aromatic heterocycles. The first-order valence-corrected chi connectivity index (χ1v) is 19.5. The summed E-state index contributed by atoms with van der Waals surface area (Å²) < 4.78 is 0. The molecule has 3 fully saturated rings. The zero-order valence-corrected chi connectivity index (χ0v) is 30.2. The molecule has 7 rings (SSSR count). The molecule has 3 aliphatic heterocycles. The highest BCUT2D eigenvalue weighted by molar-refractivity contribution is 5.79. The predicted octanol–water partition coefficient (Wildman–Crippen LogP) is 3.52. The maximum atomic E-state index is 5.77. The van der Waals surface area contributed by atoms with Crippen molar-refractivity contribution in [1.29, 1.82) is 0 Å². The number of hydrogen-bond donors (Lipinski definition) is 3. The van der Waals surface area contributed by atoms with Crippen molar-refractivity contribution < 1.29 is 0 Å². The zero-order chi connectivity index (χ0) is 34.0. The number of fused-ring (bicyclic) bond motifs is 2. The molecule has 2 aromatic carbocycles. The highest BCUT2D eigenvalue weighted by Gasteiger charge is 2.25. The number of benzene rings is 2. The number of aromatic nitrogens is 4. The highest BCUT2D eigenvalue weighted by atomic mass is 15.7. The van der Waals surface area contributed by atoms with Crippen LogP contribution in [-0.2, 0) is 0 Å². The van der Waals surface area contributed by atoms with Gasteiger partial charge in [-0.05, 0) is 102 Å². The Labute approximate surface area is 298 Å². The molecule has 3 saturated heterocycles. The van der Waals surface area contributed by atoms with Crippen LogP contribution in [0.5, 0.6) is 0 Å². The minimum Gasteiger partial charge on any atom is -0.330 e. The Morgan fingerprint density at radius 3 is 1.30 bits per heavy atom. The summed E-state index contributed by atoms with van der Waals surface area (Å²) in [5.41, 5.74) is 9.87. The van der Waals surface area contributed by atoms with Crippen molar-refractivity contribution in [3.63, 3.8) is 0 Å². The summed E-state index contributed by atoms with van der Waals surface area (Å²) in [6.07, 6.45) is 7.24.